The van der Waals surface area contributed by atoms with E-state index < -0.39 is 0 Å². The molecular weight excluding hydrogens is 377 g/mol. The van der Waals surface area contributed by atoms with Crippen LogP contribution in [0.25, 0.3) is 0 Å². The lowest BCUT2D eigenvalue weighted by Gasteiger charge is -2.12. The van der Waals surface area contributed by atoms with Gasteiger partial charge in [-0.2, -0.15) is 0 Å². The second-order valence-corrected chi connectivity index (χ2v) is 5.70. The number of nitrogens with two attached hydrogens (primary N) is 1. The highest BCUT2D eigenvalue weighted by molar-refractivity contribution is 9.11. The van der Waals surface area contributed by atoms with E-state index in [9.17, 15) is 4.39 Å². The molecule has 0 aliphatic carbocycles. The quantitative estimate of drug-likeness (QED) is 0.827. The van der Waals surface area contributed by atoms with Crippen LogP contribution in [0.4, 0.5) is 4.39 Å². The van der Waals surface area contributed by atoms with Crippen molar-refractivity contribution in [2.75, 3.05) is 6.54 Å². The molecule has 0 unspecified atom stereocenters. The van der Waals surface area contributed by atoms with Crippen molar-refractivity contribution in [1.82, 2.24) is 0 Å². The van der Waals surface area contributed by atoms with Crippen LogP contribution < -0.4 is 10.5 Å². The minimum Gasteiger partial charge on any atom is -0.456 e. The van der Waals surface area contributed by atoms with Gasteiger partial charge in [-0.25, -0.2) is 4.39 Å². The second kappa shape index (κ2) is 6.50. The van der Waals surface area contributed by atoms with Gasteiger partial charge in [0.2, 0.25) is 0 Å². The van der Waals surface area contributed by atoms with Crippen molar-refractivity contribution in [2.45, 2.75) is 6.42 Å². The molecule has 2 rings (SSSR count). The third-order valence-corrected chi connectivity index (χ3v) is 3.70. The largest absolute Gasteiger partial charge is 0.456 e. The van der Waals surface area contributed by atoms with E-state index in [-0.39, 0.29) is 5.82 Å². The Morgan fingerprint density at radius 2 is 1.89 bits per heavy atom. The van der Waals surface area contributed by atoms with Crippen LogP contribution in [0, 0.1) is 5.82 Å². The van der Waals surface area contributed by atoms with Crippen LogP contribution in [0.1, 0.15) is 5.56 Å². The van der Waals surface area contributed by atoms with Crippen molar-refractivity contribution in [3.05, 3.63) is 56.7 Å². The maximum atomic E-state index is 13.7. The van der Waals surface area contributed by atoms with Crippen LogP contribution in [0.3, 0.4) is 0 Å². The summed E-state index contributed by atoms with van der Waals surface area (Å²) >= 11 is 6.78. The highest BCUT2D eigenvalue weighted by Gasteiger charge is 2.11. The number of ether oxygens (including phenoxy) is 1. The Kier molecular flexibility index (Phi) is 4.96. The zero-order chi connectivity index (χ0) is 13.8. The van der Waals surface area contributed by atoms with E-state index in [1.807, 2.05) is 18.2 Å². The lowest BCUT2D eigenvalue weighted by molar-refractivity contribution is 0.464. The van der Waals surface area contributed by atoms with Gasteiger partial charge >= 0.3 is 0 Å². The van der Waals surface area contributed by atoms with Gasteiger partial charge in [0, 0.05) is 10.0 Å². The molecule has 0 atom stereocenters. The molecule has 100 valence electrons. The summed E-state index contributed by atoms with van der Waals surface area (Å²) in [6.45, 7) is 0.374. The van der Waals surface area contributed by atoms with E-state index >= 15 is 0 Å². The van der Waals surface area contributed by atoms with E-state index in [1.54, 1.807) is 12.1 Å². The molecule has 0 fully saturated rings. The summed E-state index contributed by atoms with van der Waals surface area (Å²) in [5.41, 5.74) is 6.00. The Morgan fingerprint density at radius 3 is 2.58 bits per heavy atom. The molecule has 2 aromatic carbocycles. The minimum atomic E-state index is -0.295. The molecule has 0 aromatic heterocycles. The van der Waals surface area contributed by atoms with Gasteiger partial charge in [0.05, 0.1) is 4.47 Å². The first-order valence-electron chi connectivity index (χ1n) is 5.72. The van der Waals surface area contributed by atoms with Crippen LogP contribution in [0.15, 0.2) is 45.3 Å². The molecule has 0 amide bonds. The Labute approximate surface area is 128 Å². The van der Waals surface area contributed by atoms with Gasteiger partial charge in [-0.1, -0.05) is 22.0 Å². The Hall–Kier alpha value is -0.910. The molecule has 0 spiro atoms. The van der Waals surface area contributed by atoms with Gasteiger partial charge in [0.15, 0.2) is 0 Å². The molecule has 2 aromatic rings. The van der Waals surface area contributed by atoms with Crippen LogP contribution in [-0.2, 0) is 6.42 Å². The first kappa shape index (κ1) is 14.5. The highest BCUT2D eigenvalue weighted by Crippen LogP contribution is 2.34. The van der Waals surface area contributed by atoms with Crippen molar-refractivity contribution in [1.29, 1.82) is 0 Å². The second-order valence-electron chi connectivity index (χ2n) is 3.93. The number of rotatable bonds is 4. The maximum Gasteiger partial charge on any atom is 0.141 e. The monoisotopic (exact) mass is 387 g/mol. The predicted molar refractivity (Wildman–Crippen MR) is 81.1 cm³/mol. The van der Waals surface area contributed by atoms with Crippen molar-refractivity contribution < 1.29 is 9.13 Å². The fourth-order valence-electron chi connectivity index (χ4n) is 1.70. The van der Waals surface area contributed by atoms with Crippen molar-refractivity contribution >= 4 is 31.9 Å². The first-order valence-corrected chi connectivity index (χ1v) is 7.31. The molecule has 0 bridgehead atoms. The average Bonchev–Trinajstić information content (AvgIpc) is 2.37. The molecule has 0 heterocycles. The first-order chi connectivity index (χ1) is 9.11. The topological polar surface area (TPSA) is 35.2 Å². The molecule has 5 heteroatoms. The molecule has 0 aliphatic heterocycles. The minimum absolute atomic E-state index is 0.295. The lowest BCUT2D eigenvalue weighted by Crippen LogP contribution is -2.06. The Balaban J connectivity index is 2.35. The summed E-state index contributed by atoms with van der Waals surface area (Å²) in [6.07, 6.45) is 0.441. The van der Waals surface area contributed by atoms with Gasteiger partial charge in [-0.3, -0.25) is 0 Å². The van der Waals surface area contributed by atoms with Gasteiger partial charge in [0.1, 0.15) is 17.3 Å². The van der Waals surface area contributed by atoms with Crippen LogP contribution in [0.2, 0.25) is 0 Å². The van der Waals surface area contributed by atoms with Crippen molar-refractivity contribution in [2.24, 2.45) is 5.73 Å². The SMILES string of the molecule is NCCc1c(F)cccc1Oc1ccc(Br)cc1Br. The lowest BCUT2D eigenvalue weighted by atomic mass is 10.1. The fourth-order valence-corrected chi connectivity index (χ4v) is 2.83. The smallest absolute Gasteiger partial charge is 0.141 e. The molecule has 2 nitrogen and oxygen atoms in total. The van der Waals surface area contributed by atoms with Gasteiger partial charge < -0.3 is 10.5 Å². The number of halogens is 3. The third kappa shape index (κ3) is 3.55. The maximum absolute atomic E-state index is 13.7. The van der Waals surface area contributed by atoms with Crippen LogP contribution in [0.5, 0.6) is 11.5 Å². The number of hydrogen-bond donors (Lipinski definition) is 1. The normalized spacial score (nSPS) is 10.5. The number of hydrogen-bond acceptors (Lipinski definition) is 2. The zero-order valence-corrected chi connectivity index (χ0v) is 13.2. The van der Waals surface area contributed by atoms with E-state index in [4.69, 9.17) is 10.5 Å². The molecule has 2 N–H and O–H groups in total. The van der Waals surface area contributed by atoms with Gasteiger partial charge in [0.25, 0.3) is 0 Å². The molecule has 0 radical (unpaired) electrons. The van der Waals surface area contributed by atoms with E-state index in [0.717, 1.165) is 8.95 Å². The summed E-state index contributed by atoms with van der Waals surface area (Å²) in [6, 6.07) is 10.3. The number of benzene rings is 2. The summed E-state index contributed by atoms with van der Waals surface area (Å²) in [7, 11) is 0. The molecular formula is C14H12Br2FNO. The average molecular weight is 389 g/mol. The Bertz CT molecular complexity index is 590. The predicted octanol–water partition coefficient (Wildman–Crippen LogP) is 4.64. The summed E-state index contributed by atoms with van der Waals surface area (Å²) in [5, 5.41) is 0. The van der Waals surface area contributed by atoms with Gasteiger partial charge in [-0.05, 0) is 59.2 Å². The van der Waals surface area contributed by atoms with E-state index in [1.165, 1.54) is 6.07 Å². The summed E-state index contributed by atoms with van der Waals surface area (Å²) in [4.78, 5) is 0. The zero-order valence-electron chi connectivity index (χ0n) is 10.00. The fraction of sp³-hybridized carbons (Fsp3) is 0.143. The van der Waals surface area contributed by atoms with Crippen molar-refractivity contribution in [3.8, 4) is 11.5 Å². The Morgan fingerprint density at radius 1 is 1.11 bits per heavy atom. The molecule has 0 saturated carbocycles. The van der Waals surface area contributed by atoms with Crippen LogP contribution in [-0.4, -0.2) is 6.54 Å². The van der Waals surface area contributed by atoms with E-state index in [0.29, 0.717) is 30.0 Å². The summed E-state index contributed by atoms with van der Waals surface area (Å²) in [5.74, 6) is 0.830. The third-order valence-electron chi connectivity index (χ3n) is 2.58. The summed E-state index contributed by atoms with van der Waals surface area (Å²) < 4.78 is 21.2. The molecule has 0 aliphatic rings. The van der Waals surface area contributed by atoms with Gasteiger partial charge in [-0.15, -0.1) is 0 Å². The molecule has 19 heavy (non-hydrogen) atoms. The van der Waals surface area contributed by atoms with E-state index in [2.05, 4.69) is 31.9 Å². The highest BCUT2D eigenvalue weighted by atomic mass is 79.9. The molecule has 0 saturated heterocycles. The standard InChI is InChI=1S/C14H12Br2FNO/c15-9-4-5-14(11(16)8-9)19-13-3-1-2-12(17)10(13)6-7-18/h1-5,8H,6-7,18H2. The van der Waals surface area contributed by atoms with Crippen LogP contribution >= 0.6 is 31.9 Å². The van der Waals surface area contributed by atoms with Crippen molar-refractivity contribution in [3.63, 3.8) is 0 Å².